The molecule has 198 valence electrons. The van der Waals surface area contributed by atoms with Crippen LogP contribution in [0, 0.1) is 17.6 Å². The first-order chi connectivity index (χ1) is 18.3. The van der Waals surface area contributed by atoms with E-state index in [4.69, 9.17) is 9.47 Å². The average Bonchev–Trinajstić information content (AvgIpc) is 3.47. The SMILES string of the molecule is O=C(O)c1cn(C2CC2)c2cc(N3CC[C@@H](COc4ccc(N5CCOC5=O)cc4F)C3)c(F)cc2c1=O. The first-order valence-electron chi connectivity index (χ1n) is 12.5. The van der Waals surface area contributed by atoms with Crippen LogP contribution in [0.2, 0.25) is 0 Å². The first kappa shape index (κ1) is 24.2. The van der Waals surface area contributed by atoms with Gasteiger partial charge in [0.15, 0.2) is 11.6 Å². The summed E-state index contributed by atoms with van der Waals surface area (Å²) in [6, 6.07) is 7.17. The number of carbonyl (C=O) groups is 2. The fourth-order valence-electron chi connectivity index (χ4n) is 5.21. The van der Waals surface area contributed by atoms with Gasteiger partial charge in [-0.15, -0.1) is 0 Å². The molecule has 0 unspecified atom stereocenters. The number of aromatic nitrogens is 1. The first-order valence-corrected chi connectivity index (χ1v) is 12.5. The van der Waals surface area contributed by atoms with Crippen molar-refractivity contribution < 1.29 is 33.0 Å². The molecular formula is C27H25F2N3O6. The number of nitrogens with zero attached hydrogens (tertiary/aromatic N) is 3. The van der Waals surface area contributed by atoms with E-state index in [2.05, 4.69) is 0 Å². The van der Waals surface area contributed by atoms with Crippen molar-refractivity contribution in [3.63, 3.8) is 0 Å². The molecule has 3 fully saturated rings. The molecule has 1 amide bonds. The maximum Gasteiger partial charge on any atom is 0.414 e. The zero-order chi connectivity index (χ0) is 26.6. The van der Waals surface area contributed by atoms with Crippen molar-refractivity contribution in [2.75, 3.05) is 42.6 Å². The van der Waals surface area contributed by atoms with Crippen molar-refractivity contribution in [3.8, 4) is 5.75 Å². The van der Waals surface area contributed by atoms with E-state index in [-0.39, 0.29) is 41.9 Å². The normalized spacial score (nSPS) is 19.3. The predicted octanol–water partition coefficient (Wildman–Crippen LogP) is 4.17. The van der Waals surface area contributed by atoms with E-state index in [1.54, 1.807) is 16.7 Å². The second-order valence-corrected chi connectivity index (χ2v) is 9.93. The van der Waals surface area contributed by atoms with Gasteiger partial charge in [0, 0.05) is 42.7 Å². The zero-order valence-corrected chi connectivity index (χ0v) is 20.4. The van der Waals surface area contributed by atoms with Crippen LogP contribution in [0.25, 0.3) is 10.9 Å². The minimum Gasteiger partial charge on any atom is -0.490 e. The van der Waals surface area contributed by atoms with Crippen LogP contribution in [0.15, 0.2) is 41.3 Å². The molecule has 0 spiro atoms. The van der Waals surface area contributed by atoms with Gasteiger partial charge in [-0.25, -0.2) is 18.4 Å². The maximum atomic E-state index is 15.2. The van der Waals surface area contributed by atoms with E-state index in [1.807, 2.05) is 4.90 Å². The number of carboxylic acid groups (broad SMARTS) is 1. The number of pyridine rings is 1. The molecule has 2 aromatic carbocycles. The molecule has 0 bridgehead atoms. The molecule has 1 atom stereocenters. The van der Waals surface area contributed by atoms with Crippen molar-refractivity contribution in [2.45, 2.75) is 25.3 Å². The van der Waals surface area contributed by atoms with Crippen LogP contribution in [0.1, 0.15) is 35.7 Å². The summed E-state index contributed by atoms with van der Waals surface area (Å²) in [6.45, 7) is 1.87. The van der Waals surface area contributed by atoms with Crippen LogP contribution in [-0.2, 0) is 4.74 Å². The molecule has 1 aromatic heterocycles. The number of carboxylic acids is 1. The molecule has 1 saturated carbocycles. The van der Waals surface area contributed by atoms with Gasteiger partial charge in [-0.3, -0.25) is 9.69 Å². The third-order valence-corrected chi connectivity index (χ3v) is 7.36. The van der Waals surface area contributed by atoms with Gasteiger partial charge in [0.2, 0.25) is 5.43 Å². The standard InChI is InChI=1S/C27H25F2N3O6/c28-20-10-18-22(32(16-1-2-16)13-19(25(18)33)26(34)35)11-23(20)30-6-5-15(12-30)14-38-24-4-3-17(9-21(24)29)31-7-8-37-27(31)36/h3-4,9-11,13,15-16H,1-2,5-8,12,14H2,(H,34,35)/t15-/m1/s1. The molecule has 1 N–H and O–H groups in total. The lowest BCUT2D eigenvalue weighted by Crippen LogP contribution is -2.24. The second kappa shape index (κ2) is 9.30. The highest BCUT2D eigenvalue weighted by molar-refractivity contribution is 5.93. The number of cyclic esters (lactones) is 1. The Bertz CT molecular complexity index is 1520. The summed E-state index contributed by atoms with van der Waals surface area (Å²) in [7, 11) is 0. The number of rotatable bonds is 7. The molecule has 3 aliphatic rings. The third kappa shape index (κ3) is 4.31. The molecule has 1 aliphatic carbocycles. The molecule has 0 radical (unpaired) electrons. The molecular weight excluding hydrogens is 500 g/mol. The molecule has 3 aromatic rings. The highest BCUT2D eigenvalue weighted by atomic mass is 19.1. The highest BCUT2D eigenvalue weighted by Gasteiger charge is 2.30. The van der Waals surface area contributed by atoms with Crippen LogP contribution >= 0.6 is 0 Å². The molecule has 2 saturated heterocycles. The van der Waals surface area contributed by atoms with Crippen molar-refractivity contribution in [1.82, 2.24) is 4.57 Å². The molecule has 2 aliphatic heterocycles. The van der Waals surface area contributed by atoms with Gasteiger partial charge in [0.25, 0.3) is 0 Å². The van der Waals surface area contributed by atoms with E-state index in [1.165, 1.54) is 23.2 Å². The minimum absolute atomic E-state index is 0.0118. The number of aromatic carboxylic acids is 1. The third-order valence-electron chi connectivity index (χ3n) is 7.36. The number of anilines is 2. The Kier molecular flexibility index (Phi) is 5.93. The fraction of sp³-hybridized carbons (Fsp3) is 0.370. The Labute approximate surface area is 215 Å². The van der Waals surface area contributed by atoms with Crippen LogP contribution in [0.5, 0.6) is 5.75 Å². The van der Waals surface area contributed by atoms with Crippen LogP contribution in [-0.4, -0.2) is 54.6 Å². The minimum atomic E-state index is -1.33. The van der Waals surface area contributed by atoms with Crippen LogP contribution in [0.3, 0.4) is 0 Å². The Balaban J connectivity index is 1.18. The van der Waals surface area contributed by atoms with Gasteiger partial charge < -0.3 is 24.0 Å². The van der Waals surface area contributed by atoms with Crippen molar-refractivity contribution in [1.29, 1.82) is 0 Å². The number of benzene rings is 2. The predicted molar refractivity (Wildman–Crippen MR) is 134 cm³/mol. The van der Waals surface area contributed by atoms with E-state index in [0.717, 1.165) is 18.9 Å². The van der Waals surface area contributed by atoms with Crippen LogP contribution in [0.4, 0.5) is 25.0 Å². The Morgan fingerprint density at radius 3 is 2.58 bits per heavy atom. The van der Waals surface area contributed by atoms with E-state index in [0.29, 0.717) is 42.9 Å². The summed E-state index contributed by atoms with van der Waals surface area (Å²) in [5.74, 6) is -2.43. The van der Waals surface area contributed by atoms with Crippen LogP contribution < -0.4 is 20.0 Å². The summed E-state index contributed by atoms with van der Waals surface area (Å²) in [5.41, 5.74) is 0.191. The van der Waals surface area contributed by atoms with Gasteiger partial charge in [-0.05, 0) is 43.5 Å². The average molecular weight is 526 g/mol. The monoisotopic (exact) mass is 525 g/mol. The van der Waals surface area contributed by atoms with E-state index >= 15 is 4.39 Å². The summed E-state index contributed by atoms with van der Waals surface area (Å²) >= 11 is 0. The summed E-state index contributed by atoms with van der Waals surface area (Å²) in [6.07, 6.45) is 3.28. The Morgan fingerprint density at radius 1 is 1.08 bits per heavy atom. The summed E-state index contributed by atoms with van der Waals surface area (Å²) < 4.78 is 42.2. The van der Waals surface area contributed by atoms with Crippen molar-refractivity contribution in [3.05, 3.63) is 63.9 Å². The summed E-state index contributed by atoms with van der Waals surface area (Å²) in [4.78, 5) is 39.2. The smallest absolute Gasteiger partial charge is 0.414 e. The highest BCUT2D eigenvalue weighted by Crippen LogP contribution is 2.38. The lowest BCUT2D eigenvalue weighted by Gasteiger charge is -2.21. The van der Waals surface area contributed by atoms with Gasteiger partial charge in [0.1, 0.15) is 18.0 Å². The number of carbonyl (C=O) groups excluding carboxylic acids is 1. The number of halogens is 2. The van der Waals surface area contributed by atoms with Crippen molar-refractivity contribution >= 4 is 34.3 Å². The van der Waals surface area contributed by atoms with Gasteiger partial charge >= 0.3 is 12.1 Å². The maximum absolute atomic E-state index is 15.2. The zero-order valence-electron chi connectivity index (χ0n) is 20.4. The Morgan fingerprint density at radius 2 is 1.89 bits per heavy atom. The number of hydrogen-bond acceptors (Lipinski definition) is 6. The van der Waals surface area contributed by atoms with Gasteiger partial charge in [-0.1, -0.05) is 0 Å². The van der Waals surface area contributed by atoms with Crippen molar-refractivity contribution in [2.24, 2.45) is 5.92 Å². The largest absolute Gasteiger partial charge is 0.490 e. The molecule has 6 rings (SSSR count). The van der Waals surface area contributed by atoms with Gasteiger partial charge in [0.05, 0.1) is 30.0 Å². The quantitative estimate of drug-likeness (QED) is 0.494. The summed E-state index contributed by atoms with van der Waals surface area (Å²) in [5, 5.41) is 9.48. The number of hydrogen-bond donors (Lipinski definition) is 1. The topological polar surface area (TPSA) is 101 Å². The van der Waals surface area contributed by atoms with E-state index < -0.39 is 29.1 Å². The molecule has 11 heteroatoms. The number of fused-ring (bicyclic) bond motifs is 1. The molecule has 38 heavy (non-hydrogen) atoms. The second-order valence-electron chi connectivity index (χ2n) is 9.93. The molecule has 9 nitrogen and oxygen atoms in total. The number of amides is 1. The molecule has 3 heterocycles. The lowest BCUT2D eigenvalue weighted by molar-refractivity contribution is 0.0694. The van der Waals surface area contributed by atoms with Gasteiger partial charge in [-0.2, -0.15) is 0 Å². The fourth-order valence-corrected chi connectivity index (χ4v) is 5.21. The lowest BCUT2D eigenvalue weighted by atomic mass is 10.1. The Hall–Kier alpha value is -4.15. The number of ether oxygens (including phenoxy) is 2. The van der Waals surface area contributed by atoms with E-state index in [9.17, 15) is 23.9 Å².